The molecule has 0 aliphatic carbocycles. The van der Waals surface area contributed by atoms with E-state index < -0.39 is 29.7 Å². The van der Waals surface area contributed by atoms with Crippen LogP contribution in [0.2, 0.25) is 0 Å². The molecule has 8 heteroatoms. The zero-order valence-electron chi connectivity index (χ0n) is 16.0. The molecular formula is C21H19F3O5. The van der Waals surface area contributed by atoms with E-state index in [2.05, 4.69) is 6.58 Å². The van der Waals surface area contributed by atoms with Gasteiger partial charge in [0.05, 0.1) is 38.4 Å². The Balaban J connectivity index is 2.11. The highest BCUT2D eigenvalue weighted by Gasteiger charge is 2.44. The van der Waals surface area contributed by atoms with E-state index in [1.165, 1.54) is 33.5 Å². The third-order valence-corrected chi connectivity index (χ3v) is 4.81. The summed E-state index contributed by atoms with van der Waals surface area (Å²) in [6, 6.07) is 7.77. The Morgan fingerprint density at radius 3 is 1.97 bits per heavy atom. The molecule has 0 unspecified atom stereocenters. The van der Waals surface area contributed by atoms with Crippen molar-refractivity contribution in [2.45, 2.75) is 18.2 Å². The molecule has 5 nitrogen and oxygen atoms in total. The van der Waals surface area contributed by atoms with Gasteiger partial charge in [0, 0.05) is 17.7 Å². The van der Waals surface area contributed by atoms with E-state index in [1.54, 1.807) is 12.1 Å². The molecule has 29 heavy (non-hydrogen) atoms. The number of benzene rings is 2. The van der Waals surface area contributed by atoms with E-state index in [4.69, 9.17) is 18.9 Å². The van der Waals surface area contributed by atoms with Gasteiger partial charge in [0.25, 0.3) is 0 Å². The fourth-order valence-corrected chi connectivity index (χ4v) is 3.36. The Kier molecular flexibility index (Phi) is 5.46. The first kappa shape index (κ1) is 20.6. The summed E-state index contributed by atoms with van der Waals surface area (Å²) in [6.07, 6.45) is -5.35. The van der Waals surface area contributed by atoms with Gasteiger partial charge in [0.1, 0.15) is 23.4 Å². The maximum Gasteiger partial charge on any atom is 0.416 e. The molecule has 2 atom stereocenters. The number of halogens is 3. The van der Waals surface area contributed by atoms with E-state index in [-0.39, 0.29) is 5.57 Å². The molecule has 1 aliphatic heterocycles. The molecule has 1 heterocycles. The van der Waals surface area contributed by atoms with Crippen LogP contribution in [0.4, 0.5) is 13.2 Å². The van der Waals surface area contributed by atoms with Gasteiger partial charge < -0.3 is 18.9 Å². The van der Waals surface area contributed by atoms with E-state index in [0.717, 1.165) is 12.1 Å². The summed E-state index contributed by atoms with van der Waals surface area (Å²) in [5.41, 5.74) is 0.245. The molecule has 0 saturated carbocycles. The summed E-state index contributed by atoms with van der Waals surface area (Å²) in [7, 11) is 4.36. The maximum absolute atomic E-state index is 12.9. The van der Waals surface area contributed by atoms with Gasteiger partial charge in [-0.1, -0.05) is 18.7 Å². The van der Waals surface area contributed by atoms with Crippen LogP contribution in [-0.4, -0.2) is 27.3 Å². The number of alkyl halides is 3. The molecular weight excluding hydrogens is 389 g/mol. The normalized spacial score (nSPS) is 19.1. The third-order valence-electron chi connectivity index (χ3n) is 4.81. The Morgan fingerprint density at radius 1 is 0.966 bits per heavy atom. The van der Waals surface area contributed by atoms with Crippen LogP contribution in [0, 0.1) is 0 Å². The van der Waals surface area contributed by atoms with Crippen molar-refractivity contribution in [1.82, 2.24) is 0 Å². The average molecular weight is 408 g/mol. The Morgan fingerprint density at radius 2 is 1.52 bits per heavy atom. The van der Waals surface area contributed by atoms with Crippen molar-refractivity contribution >= 4 is 5.97 Å². The molecule has 2 aromatic rings. The van der Waals surface area contributed by atoms with Crippen LogP contribution < -0.4 is 14.2 Å². The molecule has 1 fully saturated rings. The highest BCUT2D eigenvalue weighted by Crippen LogP contribution is 2.51. The van der Waals surface area contributed by atoms with Crippen LogP contribution in [0.15, 0.2) is 48.6 Å². The highest BCUT2D eigenvalue weighted by atomic mass is 19.4. The molecule has 2 aromatic carbocycles. The van der Waals surface area contributed by atoms with Crippen molar-refractivity contribution in [2.75, 3.05) is 21.3 Å². The first-order valence-electron chi connectivity index (χ1n) is 8.58. The van der Waals surface area contributed by atoms with Crippen LogP contribution in [0.1, 0.15) is 28.7 Å². The Labute approximate surface area is 165 Å². The lowest BCUT2D eigenvalue weighted by Crippen LogP contribution is -2.11. The predicted octanol–water partition coefficient (Wildman–Crippen LogP) is 4.67. The van der Waals surface area contributed by atoms with Crippen molar-refractivity contribution in [2.24, 2.45) is 0 Å². The molecule has 1 aliphatic rings. The molecule has 3 rings (SSSR count). The lowest BCUT2D eigenvalue weighted by molar-refractivity contribution is -0.139. The van der Waals surface area contributed by atoms with Crippen molar-refractivity contribution in [3.8, 4) is 17.2 Å². The minimum absolute atomic E-state index is 0.134. The molecule has 154 valence electrons. The summed E-state index contributed by atoms with van der Waals surface area (Å²) < 4.78 is 60.3. The minimum Gasteiger partial charge on any atom is -0.496 e. The monoisotopic (exact) mass is 408 g/mol. The lowest BCUT2D eigenvalue weighted by atomic mass is 9.85. The number of methoxy groups -OCH3 is 3. The second-order valence-electron chi connectivity index (χ2n) is 6.39. The van der Waals surface area contributed by atoms with Crippen molar-refractivity contribution in [3.05, 3.63) is 65.2 Å². The molecule has 0 bridgehead atoms. The van der Waals surface area contributed by atoms with E-state index in [9.17, 15) is 18.0 Å². The van der Waals surface area contributed by atoms with Crippen LogP contribution in [0.5, 0.6) is 17.2 Å². The van der Waals surface area contributed by atoms with E-state index in [0.29, 0.717) is 28.4 Å². The first-order chi connectivity index (χ1) is 13.7. The average Bonchev–Trinajstić information content (AvgIpc) is 3.00. The van der Waals surface area contributed by atoms with Gasteiger partial charge in [-0.3, -0.25) is 0 Å². The zero-order chi connectivity index (χ0) is 21.3. The second kappa shape index (κ2) is 7.69. The zero-order valence-corrected chi connectivity index (χ0v) is 16.0. The quantitative estimate of drug-likeness (QED) is 0.532. The molecule has 0 N–H and O–H groups in total. The number of ether oxygens (including phenoxy) is 4. The number of hydrogen-bond acceptors (Lipinski definition) is 5. The lowest BCUT2D eigenvalue weighted by Gasteiger charge is -2.23. The van der Waals surface area contributed by atoms with Crippen LogP contribution in [-0.2, 0) is 15.7 Å². The van der Waals surface area contributed by atoms with E-state index >= 15 is 0 Å². The van der Waals surface area contributed by atoms with Gasteiger partial charge in [-0.25, -0.2) is 4.79 Å². The number of carbonyl (C=O) groups is 1. The summed E-state index contributed by atoms with van der Waals surface area (Å²) in [5, 5.41) is 0. The number of esters is 1. The minimum atomic E-state index is -4.46. The SMILES string of the molecule is C=C1C(=O)O[C@H](c2c(OC)cc(OC)cc2OC)[C@@H]1c1ccc(C(F)(F)F)cc1. The second-order valence-corrected chi connectivity index (χ2v) is 6.39. The van der Waals surface area contributed by atoms with Crippen LogP contribution >= 0.6 is 0 Å². The predicted molar refractivity (Wildman–Crippen MR) is 98.3 cm³/mol. The third kappa shape index (κ3) is 3.74. The summed E-state index contributed by atoms with van der Waals surface area (Å²) in [6.45, 7) is 3.78. The van der Waals surface area contributed by atoms with Crippen LogP contribution in [0.3, 0.4) is 0 Å². The summed E-state index contributed by atoms with van der Waals surface area (Å²) in [5.74, 6) is -0.172. The number of carbonyl (C=O) groups excluding carboxylic acids is 1. The van der Waals surface area contributed by atoms with Gasteiger partial charge in [0.2, 0.25) is 0 Å². The molecule has 0 radical (unpaired) electrons. The van der Waals surface area contributed by atoms with Gasteiger partial charge in [-0.2, -0.15) is 13.2 Å². The van der Waals surface area contributed by atoms with Crippen LogP contribution in [0.25, 0.3) is 0 Å². The molecule has 1 saturated heterocycles. The fourth-order valence-electron chi connectivity index (χ4n) is 3.36. The van der Waals surface area contributed by atoms with Crippen molar-refractivity contribution < 1.29 is 36.9 Å². The van der Waals surface area contributed by atoms with Crippen molar-refractivity contribution in [3.63, 3.8) is 0 Å². The number of cyclic esters (lactones) is 1. The standard InChI is InChI=1S/C21H19F3O5/c1-11-17(12-5-7-13(8-6-12)21(22,23)24)19(29-20(11)25)18-15(27-3)9-14(26-2)10-16(18)28-4/h5-10,17,19H,1H2,2-4H3/t17-,19-/m0/s1. The fraction of sp³-hybridized carbons (Fsp3) is 0.286. The topological polar surface area (TPSA) is 54.0 Å². The summed E-state index contributed by atoms with van der Waals surface area (Å²) >= 11 is 0. The first-order valence-corrected chi connectivity index (χ1v) is 8.58. The molecule has 0 aromatic heterocycles. The smallest absolute Gasteiger partial charge is 0.416 e. The highest BCUT2D eigenvalue weighted by molar-refractivity contribution is 5.92. The molecule has 0 amide bonds. The van der Waals surface area contributed by atoms with Crippen molar-refractivity contribution in [1.29, 1.82) is 0 Å². The van der Waals surface area contributed by atoms with Gasteiger partial charge in [0.15, 0.2) is 0 Å². The summed E-state index contributed by atoms with van der Waals surface area (Å²) in [4.78, 5) is 12.3. The largest absolute Gasteiger partial charge is 0.496 e. The molecule has 0 spiro atoms. The van der Waals surface area contributed by atoms with Gasteiger partial charge in [-0.05, 0) is 17.7 Å². The van der Waals surface area contributed by atoms with Gasteiger partial charge >= 0.3 is 12.1 Å². The number of rotatable bonds is 5. The number of hydrogen-bond donors (Lipinski definition) is 0. The maximum atomic E-state index is 12.9. The van der Waals surface area contributed by atoms with Gasteiger partial charge in [-0.15, -0.1) is 0 Å². The Bertz CT molecular complexity index is 909. The Hall–Kier alpha value is -3.16. The van der Waals surface area contributed by atoms with E-state index in [1.807, 2.05) is 0 Å².